The number of thiophene rings is 1. The van der Waals surface area contributed by atoms with Gasteiger partial charge in [0.1, 0.15) is 5.69 Å². The third-order valence-electron chi connectivity index (χ3n) is 2.63. The summed E-state index contributed by atoms with van der Waals surface area (Å²) in [6.45, 7) is 2.33. The quantitative estimate of drug-likeness (QED) is 0.896. The SMILES string of the molecule is Cc1ccsc1CNC(=O)c1ncccc1C(=O)O. The zero-order valence-electron chi connectivity index (χ0n) is 10.2. The molecule has 0 aliphatic heterocycles. The number of amides is 1. The van der Waals surface area contributed by atoms with Crippen LogP contribution in [0.2, 0.25) is 0 Å². The van der Waals surface area contributed by atoms with Crippen molar-refractivity contribution in [3.8, 4) is 0 Å². The molecule has 0 aliphatic carbocycles. The Morgan fingerprint density at radius 1 is 1.42 bits per heavy atom. The van der Waals surface area contributed by atoms with E-state index in [1.165, 1.54) is 18.3 Å². The van der Waals surface area contributed by atoms with Gasteiger partial charge in [-0.25, -0.2) is 4.79 Å². The van der Waals surface area contributed by atoms with Crippen LogP contribution in [0.1, 0.15) is 31.3 Å². The Kier molecular flexibility index (Phi) is 3.91. The summed E-state index contributed by atoms with van der Waals surface area (Å²) in [5.74, 6) is -1.64. The van der Waals surface area contributed by atoms with Crippen molar-refractivity contribution in [2.75, 3.05) is 0 Å². The molecule has 0 aromatic carbocycles. The zero-order chi connectivity index (χ0) is 13.8. The fourth-order valence-electron chi connectivity index (χ4n) is 1.59. The molecular weight excluding hydrogens is 264 g/mol. The van der Waals surface area contributed by atoms with Crippen molar-refractivity contribution < 1.29 is 14.7 Å². The van der Waals surface area contributed by atoms with E-state index in [4.69, 9.17) is 5.11 Å². The standard InChI is InChI=1S/C13H12N2O3S/c1-8-4-6-19-10(8)7-15-12(16)11-9(13(17)18)3-2-5-14-11/h2-6H,7H2,1H3,(H,15,16)(H,17,18). The highest BCUT2D eigenvalue weighted by molar-refractivity contribution is 7.10. The maximum Gasteiger partial charge on any atom is 0.338 e. The number of carbonyl (C=O) groups excluding carboxylic acids is 1. The maximum atomic E-state index is 11.9. The highest BCUT2D eigenvalue weighted by atomic mass is 32.1. The van der Waals surface area contributed by atoms with Crippen molar-refractivity contribution in [2.24, 2.45) is 0 Å². The van der Waals surface area contributed by atoms with Crippen LogP contribution >= 0.6 is 11.3 Å². The van der Waals surface area contributed by atoms with E-state index in [0.717, 1.165) is 10.4 Å². The lowest BCUT2D eigenvalue weighted by Gasteiger charge is -2.06. The summed E-state index contributed by atoms with van der Waals surface area (Å²) in [7, 11) is 0. The molecule has 0 unspecified atom stereocenters. The van der Waals surface area contributed by atoms with Crippen LogP contribution in [0.3, 0.4) is 0 Å². The minimum absolute atomic E-state index is 0.0655. The molecule has 0 radical (unpaired) electrons. The minimum atomic E-state index is -1.16. The van der Waals surface area contributed by atoms with Crippen molar-refractivity contribution in [1.29, 1.82) is 0 Å². The molecule has 0 aliphatic rings. The number of carboxylic acids is 1. The predicted molar refractivity (Wildman–Crippen MR) is 71.4 cm³/mol. The molecule has 0 saturated heterocycles. The molecule has 0 saturated carbocycles. The normalized spacial score (nSPS) is 10.2. The maximum absolute atomic E-state index is 11.9. The van der Waals surface area contributed by atoms with E-state index in [0.29, 0.717) is 6.54 Å². The average Bonchev–Trinajstić information content (AvgIpc) is 2.81. The highest BCUT2D eigenvalue weighted by Crippen LogP contribution is 2.15. The fourth-order valence-corrected chi connectivity index (χ4v) is 2.43. The second kappa shape index (κ2) is 5.62. The van der Waals surface area contributed by atoms with E-state index in [1.54, 1.807) is 11.3 Å². The number of pyridine rings is 1. The molecule has 6 heteroatoms. The summed E-state index contributed by atoms with van der Waals surface area (Å²) < 4.78 is 0. The zero-order valence-corrected chi connectivity index (χ0v) is 11.0. The van der Waals surface area contributed by atoms with Crippen LogP contribution in [0.4, 0.5) is 0 Å². The van der Waals surface area contributed by atoms with E-state index in [9.17, 15) is 9.59 Å². The summed E-state index contributed by atoms with van der Waals surface area (Å²) in [6.07, 6.45) is 1.40. The average molecular weight is 276 g/mol. The Hall–Kier alpha value is -2.21. The topological polar surface area (TPSA) is 79.3 Å². The second-order valence-electron chi connectivity index (χ2n) is 3.91. The lowest BCUT2D eigenvalue weighted by Crippen LogP contribution is -2.26. The van der Waals surface area contributed by atoms with Crippen molar-refractivity contribution >= 4 is 23.2 Å². The monoisotopic (exact) mass is 276 g/mol. The lowest BCUT2D eigenvalue weighted by molar-refractivity contribution is 0.0690. The van der Waals surface area contributed by atoms with Gasteiger partial charge in [-0.15, -0.1) is 11.3 Å². The van der Waals surface area contributed by atoms with Gasteiger partial charge in [-0.2, -0.15) is 0 Å². The molecule has 0 atom stereocenters. The van der Waals surface area contributed by atoms with Gasteiger partial charge in [-0.05, 0) is 36.1 Å². The van der Waals surface area contributed by atoms with Crippen LogP contribution in [-0.4, -0.2) is 22.0 Å². The number of carboxylic acid groups (broad SMARTS) is 1. The molecule has 98 valence electrons. The van der Waals surface area contributed by atoms with Crippen LogP contribution < -0.4 is 5.32 Å². The minimum Gasteiger partial charge on any atom is -0.478 e. The molecule has 2 N–H and O–H groups in total. The molecule has 19 heavy (non-hydrogen) atoms. The van der Waals surface area contributed by atoms with Gasteiger partial charge >= 0.3 is 5.97 Å². The molecule has 2 aromatic heterocycles. The number of aryl methyl sites for hydroxylation is 1. The van der Waals surface area contributed by atoms with Crippen LogP contribution in [0, 0.1) is 6.92 Å². The Bertz CT molecular complexity index is 622. The van der Waals surface area contributed by atoms with E-state index in [2.05, 4.69) is 10.3 Å². The second-order valence-corrected chi connectivity index (χ2v) is 4.91. The largest absolute Gasteiger partial charge is 0.478 e. The fraction of sp³-hybridized carbons (Fsp3) is 0.154. The first-order valence-electron chi connectivity index (χ1n) is 5.59. The molecular formula is C13H12N2O3S. The Balaban J connectivity index is 2.13. The van der Waals surface area contributed by atoms with E-state index in [-0.39, 0.29) is 11.3 Å². The molecule has 1 amide bonds. The Morgan fingerprint density at radius 3 is 2.84 bits per heavy atom. The first-order chi connectivity index (χ1) is 9.09. The lowest BCUT2D eigenvalue weighted by atomic mass is 10.2. The smallest absolute Gasteiger partial charge is 0.338 e. The number of aromatic carboxylic acids is 1. The summed E-state index contributed by atoms with van der Waals surface area (Å²) in [4.78, 5) is 27.8. The van der Waals surface area contributed by atoms with Gasteiger partial charge in [0, 0.05) is 11.1 Å². The number of nitrogens with zero attached hydrogens (tertiary/aromatic N) is 1. The number of carbonyl (C=O) groups is 2. The van der Waals surface area contributed by atoms with Gasteiger partial charge in [0.2, 0.25) is 0 Å². The van der Waals surface area contributed by atoms with Crippen molar-refractivity contribution in [3.63, 3.8) is 0 Å². The predicted octanol–water partition coefficient (Wildman–Crippen LogP) is 2.08. The molecule has 0 fully saturated rings. The van der Waals surface area contributed by atoms with Crippen LogP contribution in [0.15, 0.2) is 29.8 Å². The third-order valence-corrected chi connectivity index (χ3v) is 3.65. The number of hydrogen-bond donors (Lipinski definition) is 2. The molecule has 2 rings (SSSR count). The summed E-state index contributed by atoms with van der Waals surface area (Å²) >= 11 is 1.55. The van der Waals surface area contributed by atoms with Crippen molar-refractivity contribution in [2.45, 2.75) is 13.5 Å². The van der Waals surface area contributed by atoms with Gasteiger partial charge in [-0.1, -0.05) is 0 Å². The molecule has 0 spiro atoms. The number of hydrogen-bond acceptors (Lipinski definition) is 4. The Morgan fingerprint density at radius 2 is 2.21 bits per heavy atom. The van der Waals surface area contributed by atoms with E-state index in [1.807, 2.05) is 18.4 Å². The van der Waals surface area contributed by atoms with Gasteiger partial charge in [0.25, 0.3) is 5.91 Å². The van der Waals surface area contributed by atoms with Crippen LogP contribution in [0.5, 0.6) is 0 Å². The third kappa shape index (κ3) is 2.97. The molecule has 2 aromatic rings. The van der Waals surface area contributed by atoms with Gasteiger partial charge in [0.15, 0.2) is 0 Å². The van der Waals surface area contributed by atoms with E-state index < -0.39 is 11.9 Å². The first-order valence-corrected chi connectivity index (χ1v) is 6.47. The molecule has 2 heterocycles. The number of nitrogens with one attached hydrogen (secondary N) is 1. The van der Waals surface area contributed by atoms with Crippen molar-refractivity contribution in [3.05, 3.63) is 51.5 Å². The van der Waals surface area contributed by atoms with Crippen LogP contribution in [0.25, 0.3) is 0 Å². The van der Waals surface area contributed by atoms with Gasteiger partial charge in [0.05, 0.1) is 12.1 Å². The summed E-state index contributed by atoms with van der Waals surface area (Å²) in [5.41, 5.74) is 0.942. The molecule has 0 bridgehead atoms. The Labute approximate surface area is 113 Å². The van der Waals surface area contributed by atoms with Gasteiger partial charge in [-0.3, -0.25) is 9.78 Å². The highest BCUT2D eigenvalue weighted by Gasteiger charge is 2.17. The summed E-state index contributed by atoms with van der Waals surface area (Å²) in [6, 6.07) is 4.82. The van der Waals surface area contributed by atoms with Gasteiger partial charge < -0.3 is 10.4 Å². The molecule has 5 nitrogen and oxygen atoms in total. The van der Waals surface area contributed by atoms with Crippen molar-refractivity contribution in [1.82, 2.24) is 10.3 Å². The number of rotatable bonds is 4. The van der Waals surface area contributed by atoms with Crippen LogP contribution in [-0.2, 0) is 6.54 Å². The number of aromatic nitrogens is 1. The summed E-state index contributed by atoms with van der Waals surface area (Å²) in [5, 5.41) is 13.6. The first kappa shape index (κ1) is 13.2. The van der Waals surface area contributed by atoms with E-state index >= 15 is 0 Å².